The van der Waals surface area contributed by atoms with E-state index in [1.807, 2.05) is 4.90 Å². The lowest BCUT2D eigenvalue weighted by molar-refractivity contribution is -0.130. The van der Waals surface area contributed by atoms with E-state index in [0.29, 0.717) is 0 Å². The van der Waals surface area contributed by atoms with Gasteiger partial charge in [-0.15, -0.1) is 0 Å². The van der Waals surface area contributed by atoms with E-state index >= 15 is 0 Å². The third-order valence-corrected chi connectivity index (χ3v) is 3.88. The van der Waals surface area contributed by atoms with Crippen LogP contribution in [0.3, 0.4) is 0 Å². The number of nitrogens with zero attached hydrogens (tertiary/aromatic N) is 2. The molecule has 1 unspecified atom stereocenters. The van der Waals surface area contributed by atoms with Gasteiger partial charge in [-0.05, 0) is 31.7 Å². The second-order valence-corrected chi connectivity index (χ2v) is 5.13. The topological polar surface area (TPSA) is 23.6 Å². The summed E-state index contributed by atoms with van der Waals surface area (Å²) in [5, 5.41) is 0. The molecule has 2 aliphatic heterocycles. The number of rotatable bonds is 1. The average molecular weight is 210 g/mol. The van der Waals surface area contributed by atoms with Crippen LogP contribution in [-0.2, 0) is 4.79 Å². The van der Waals surface area contributed by atoms with E-state index in [9.17, 15) is 4.79 Å². The van der Waals surface area contributed by atoms with Crippen LogP contribution in [0, 0.1) is 5.92 Å². The van der Waals surface area contributed by atoms with E-state index in [0.717, 1.165) is 25.0 Å². The minimum Gasteiger partial charge on any atom is -0.343 e. The maximum atomic E-state index is 11.2. The summed E-state index contributed by atoms with van der Waals surface area (Å²) in [6, 6.07) is 0.741. The molecule has 86 valence electrons. The fourth-order valence-corrected chi connectivity index (χ4v) is 2.85. The maximum Gasteiger partial charge on any atom is 0.219 e. The van der Waals surface area contributed by atoms with Crippen LogP contribution in [0.5, 0.6) is 0 Å². The second-order valence-electron chi connectivity index (χ2n) is 5.13. The Labute approximate surface area is 92.4 Å². The Bertz CT molecular complexity index is 234. The van der Waals surface area contributed by atoms with Crippen LogP contribution < -0.4 is 0 Å². The summed E-state index contributed by atoms with van der Waals surface area (Å²) >= 11 is 0. The summed E-state index contributed by atoms with van der Waals surface area (Å²) < 4.78 is 0. The minimum absolute atomic E-state index is 0.239. The molecule has 1 amide bonds. The number of hydrogen-bond acceptors (Lipinski definition) is 2. The molecule has 3 heteroatoms. The van der Waals surface area contributed by atoms with Gasteiger partial charge in [-0.2, -0.15) is 0 Å². The molecule has 2 rings (SSSR count). The van der Waals surface area contributed by atoms with E-state index in [1.54, 1.807) is 6.92 Å². The number of carbonyl (C=O) groups is 1. The van der Waals surface area contributed by atoms with Gasteiger partial charge < -0.3 is 4.90 Å². The quantitative estimate of drug-likeness (QED) is 0.652. The Kier molecular flexibility index (Phi) is 3.29. The Morgan fingerprint density at radius 3 is 2.27 bits per heavy atom. The first-order valence-corrected chi connectivity index (χ1v) is 6.16. The highest BCUT2D eigenvalue weighted by Gasteiger charge is 2.29. The van der Waals surface area contributed by atoms with E-state index in [-0.39, 0.29) is 5.91 Å². The molecule has 0 bridgehead atoms. The third-order valence-electron chi connectivity index (χ3n) is 3.88. The van der Waals surface area contributed by atoms with Crippen molar-refractivity contribution in [2.24, 2.45) is 5.92 Å². The number of amides is 1. The zero-order valence-corrected chi connectivity index (χ0v) is 9.91. The largest absolute Gasteiger partial charge is 0.343 e. The molecular formula is C12H22N2O. The highest BCUT2D eigenvalue weighted by atomic mass is 16.2. The number of likely N-dealkylation sites (tertiary alicyclic amines) is 2. The first-order valence-electron chi connectivity index (χ1n) is 6.16. The van der Waals surface area contributed by atoms with E-state index in [1.165, 1.54) is 32.4 Å². The van der Waals surface area contributed by atoms with E-state index < -0.39 is 0 Å². The van der Waals surface area contributed by atoms with Crippen LogP contribution in [-0.4, -0.2) is 47.9 Å². The Morgan fingerprint density at radius 1 is 1.13 bits per heavy atom. The maximum absolute atomic E-state index is 11.2. The zero-order valence-electron chi connectivity index (χ0n) is 9.91. The number of hydrogen-bond donors (Lipinski definition) is 0. The standard InChI is InChI=1S/C12H22N2O/c1-10-3-6-14(9-10)12-4-7-13(8-5-12)11(2)15/h10,12H,3-9H2,1-2H3. The van der Waals surface area contributed by atoms with Gasteiger partial charge in [-0.1, -0.05) is 6.92 Å². The summed E-state index contributed by atoms with van der Waals surface area (Å²) in [6.45, 7) is 8.48. The molecule has 0 N–H and O–H groups in total. The van der Waals surface area contributed by atoms with Crippen molar-refractivity contribution in [1.29, 1.82) is 0 Å². The van der Waals surface area contributed by atoms with Crippen molar-refractivity contribution in [3.8, 4) is 0 Å². The lowest BCUT2D eigenvalue weighted by Crippen LogP contribution is -2.45. The van der Waals surface area contributed by atoms with Gasteiger partial charge in [0.2, 0.25) is 5.91 Å². The molecule has 0 aromatic rings. The lowest BCUT2D eigenvalue weighted by atomic mass is 10.0. The Hall–Kier alpha value is -0.570. The summed E-state index contributed by atoms with van der Waals surface area (Å²) in [7, 11) is 0. The van der Waals surface area contributed by atoms with Gasteiger partial charge in [0.05, 0.1) is 0 Å². The highest BCUT2D eigenvalue weighted by Crippen LogP contribution is 2.23. The van der Waals surface area contributed by atoms with Crippen molar-refractivity contribution in [3.63, 3.8) is 0 Å². The first kappa shape index (κ1) is 10.9. The van der Waals surface area contributed by atoms with E-state index in [4.69, 9.17) is 0 Å². The van der Waals surface area contributed by atoms with Gasteiger partial charge in [0.1, 0.15) is 0 Å². The fourth-order valence-electron chi connectivity index (χ4n) is 2.85. The van der Waals surface area contributed by atoms with Crippen molar-refractivity contribution in [3.05, 3.63) is 0 Å². The molecule has 0 aromatic heterocycles. The molecule has 3 nitrogen and oxygen atoms in total. The Balaban J connectivity index is 1.80. The van der Waals surface area contributed by atoms with Crippen LogP contribution in [0.2, 0.25) is 0 Å². The van der Waals surface area contributed by atoms with Crippen molar-refractivity contribution >= 4 is 5.91 Å². The zero-order chi connectivity index (χ0) is 10.8. The Morgan fingerprint density at radius 2 is 1.80 bits per heavy atom. The molecule has 0 aliphatic carbocycles. The minimum atomic E-state index is 0.239. The van der Waals surface area contributed by atoms with Crippen LogP contribution in [0.4, 0.5) is 0 Å². The van der Waals surface area contributed by atoms with Gasteiger partial charge in [-0.25, -0.2) is 0 Å². The van der Waals surface area contributed by atoms with Gasteiger partial charge >= 0.3 is 0 Å². The normalized spacial score (nSPS) is 29.7. The molecule has 2 saturated heterocycles. The molecule has 2 heterocycles. The molecule has 0 radical (unpaired) electrons. The highest BCUT2D eigenvalue weighted by molar-refractivity contribution is 5.73. The first-order chi connectivity index (χ1) is 7.16. The monoisotopic (exact) mass is 210 g/mol. The van der Waals surface area contributed by atoms with Gasteiger partial charge in [0, 0.05) is 32.6 Å². The van der Waals surface area contributed by atoms with Gasteiger partial charge in [0.15, 0.2) is 0 Å². The summed E-state index contributed by atoms with van der Waals surface area (Å²) in [4.78, 5) is 15.8. The van der Waals surface area contributed by atoms with Crippen molar-refractivity contribution in [2.75, 3.05) is 26.2 Å². The van der Waals surface area contributed by atoms with Crippen molar-refractivity contribution < 1.29 is 4.79 Å². The fraction of sp³-hybridized carbons (Fsp3) is 0.917. The summed E-state index contributed by atoms with van der Waals surface area (Å²) in [5.41, 5.74) is 0. The smallest absolute Gasteiger partial charge is 0.219 e. The molecule has 2 fully saturated rings. The molecule has 0 spiro atoms. The third kappa shape index (κ3) is 2.51. The molecular weight excluding hydrogens is 188 g/mol. The van der Waals surface area contributed by atoms with E-state index in [2.05, 4.69) is 11.8 Å². The van der Waals surface area contributed by atoms with Crippen molar-refractivity contribution in [2.45, 2.75) is 39.2 Å². The summed E-state index contributed by atoms with van der Waals surface area (Å²) in [5.74, 6) is 1.11. The molecule has 1 atom stereocenters. The van der Waals surface area contributed by atoms with Crippen LogP contribution in [0.15, 0.2) is 0 Å². The average Bonchev–Trinajstić information content (AvgIpc) is 2.65. The molecule has 15 heavy (non-hydrogen) atoms. The van der Waals surface area contributed by atoms with Crippen LogP contribution in [0.25, 0.3) is 0 Å². The predicted molar refractivity (Wildman–Crippen MR) is 60.6 cm³/mol. The number of piperidine rings is 1. The second kappa shape index (κ2) is 4.52. The molecule has 2 aliphatic rings. The predicted octanol–water partition coefficient (Wildman–Crippen LogP) is 1.34. The van der Waals surface area contributed by atoms with Crippen LogP contribution in [0.1, 0.15) is 33.1 Å². The molecule has 0 saturated carbocycles. The van der Waals surface area contributed by atoms with Crippen molar-refractivity contribution in [1.82, 2.24) is 9.80 Å². The SMILES string of the molecule is CC(=O)N1CCC(N2CCC(C)C2)CC1. The summed E-state index contributed by atoms with van der Waals surface area (Å²) in [6.07, 6.45) is 3.70. The number of carbonyl (C=O) groups excluding carboxylic acids is 1. The lowest BCUT2D eigenvalue weighted by Gasteiger charge is -2.36. The van der Waals surface area contributed by atoms with Crippen LogP contribution >= 0.6 is 0 Å². The van der Waals surface area contributed by atoms with Gasteiger partial charge in [-0.3, -0.25) is 9.69 Å². The molecule has 0 aromatic carbocycles. The van der Waals surface area contributed by atoms with Gasteiger partial charge in [0.25, 0.3) is 0 Å².